The van der Waals surface area contributed by atoms with E-state index in [4.69, 9.17) is 0 Å². The molecule has 1 N–H and O–H groups in total. The average Bonchev–Trinajstić information content (AvgIpc) is 3.18. The maximum atomic E-state index is 12.2. The zero-order valence-electron chi connectivity index (χ0n) is 13.6. The van der Waals surface area contributed by atoms with E-state index in [1.165, 1.54) is 4.31 Å². The molecule has 0 spiro atoms. The van der Waals surface area contributed by atoms with Crippen LogP contribution in [0.1, 0.15) is 25.1 Å². The largest absolute Gasteiger partial charge is 0.355 e. The van der Waals surface area contributed by atoms with Crippen molar-refractivity contribution in [3.8, 4) is 0 Å². The number of nitrogens with zero attached hydrogens (tertiary/aromatic N) is 4. The Bertz CT molecular complexity index is 833. The van der Waals surface area contributed by atoms with Crippen LogP contribution in [0.5, 0.6) is 0 Å². The molecule has 0 aromatic carbocycles. The number of carbonyl (C=O) groups excluding carboxylic acids is 1. The predicted octanol–water partition coefficient (Wildman–Crippen LogP) is 0.202. The molecule has 2 aromatic heterocycles. The zero-order chi connectivity index (χ0) is 17.2. The number of aryl methyl sites for hydroxylation is 1. The Labute approximate surface area is 140 Å². The van der Waals surface area contributed by atoms with E-state index in [0.717, 1.165) is 24.1 Å². The lowest BCUT2D eigenvalue weighted by Gasteiger charge is -2.21. The van der Waals surface area contributed by atoms with E-state index in [0.29, 0.717) is 32.4 Å². The Kier molecular flexibility index (Phi) is 4.81. The molecule has 0 aliphatic carbocycles. The van der Waals surface area contributed by atoms with Gasteiger partial charge >= 0.3 is 0 Å². The predicted molar refractivity (Wildman–Crippen MR) is 88.9 cm³/mol. The van der Waals surface area contributed by atoms with Gasteiger partial charge in [0.15, 0.2) is 5.65 Å². The van der Waals surface area contributed by atoms with E-state index < -0.39 is 16.1 Å². The molecule has 0 saturated carbocycles. The summed E-state index contributed by atoms with van der Waals surface area (Å²) in [7, 11) is -3.34. The van der Waals surface area contributed by atoms with Crippen LogP contribution >= 0.6 is 0 Å². The topological polar surface area (TPSA) is 96.7 Å². The first kappa shape index (κ1) is 16.8. The Morgan fingerprint density at radius 3 is 3.00 bits per heavy atom. The third kappa shape index (κ3) is 3.57. The van der Waals surface area contributed by atoms with Crippen LogP contribution < -0.4 is 5.32 Å². The van der Waals surface area contributed by atoms with Crippen molar-refractivity contribution in [1.29, 1.82) is 0 Å². The second-order valence-electron chi connectivity index (χ2n) is 5.97. The van der Waals surface area contributed by atoms with Crippen molar-refractivity contribution < 1.29 is 13.2 Å². The summed E-state index contributed by atoms with van der Waals surface area (Å²) in [6, 6.07) is 5.14. The molecule has 3 rings (SSSR count). The van der Waals surface area contributed by atoms with E-state index in [1.54, 1.807) is 0 Å². The summed E-state index contributed by atoms with van der Waals surface area (Å²) in [5.74, 6) is 0.627. The molecule has 1 fully saturated rings. The molecule has 0 unspecified atom stereocenters. The smallest absolute Gasteiger partial charge is 0.238 e. The lowest BCUT2D eigenvalue weighted by molar-refractivity contribution is -0.124. The third-order valence-corrected chi connectivity index (χ3v) is 5.48. The number of carbonyl (C=O) groups is 1. The van der Waals surface area contributed by atoms with Crippen molar-refractivity contribution >= 4 is 21.6 Å². The quantitative estimate of drug-likeness (QED) is 0.750. The molecule has 8 nitrogen and oxygen atoms in total. The minimum atomic E-state index is -3.34. The summed E-state index contributed by atoms with van der Waals surface area (Å²) < 4.78 is 26.6. The van der Waals surface area contributed by atoms with Crippen LogP contribution in [-0.4, -0.2) is 58.6 Å². The van der Waals surface area contributed by atoms with Crippen LogP contribution in [0.15, 0.2) is 24.4 Å². The first-order valence-corrected chi connectivity index (χ1v) is 9.85. The number of pyridine rings is 1. The normalized spacial score (nSPS) is 19.0. The SMILES string of the molecule is CS(=O)(=O)N1CCC[C@H]1C(=O)NCCCc1nnc2ccccn12. The van der Waals surface area contributed by atoms with Crippen molar-refractivity contribution in [1.82, 2.24) is 24.2 Å². The minimum Gasteiger partial charge on any atom is -0.355 e. The third-order valence-electron chi connectivity index (χ3n) is 4.19. The molecular formula is C15H21N5O3S. The summed E-state index contributed by atoms with van der Waals surface area (Å²) in [5, 5.41) is 11.1. The molecule has 3 heterocycles. The van der Waals surface area contributed by atoms with Gasteiger partial charge in [-0.05, 0) is 31.4 Å². The van der Waals surface area contributed by atoms with E-state index in [-0.39, 0.29) is 5.91 Å². The Morgan fingerprint density at radius 1 is 1.38 bits per heavy atom. The first-order valence-electron chi connectivity index (χ1n) is 8.00. The van der Waals surface area contributed by atoms with Crippen LogP contribution in [0.2, 0.25) is 0 Å². The summed E-state index contributed by atoms with van der Waals surface area (Å²) in [5.41, 5.74) is 0.797. The molecule has 130 valence electrons. The molecule has 1 amide bonds. The van der Waals surface area contributed by atoms with Gasteiger partial charge in [0.2, 0.25) is 15.9 Å². The van der Waals surface area contributed by atoms with E-state index in [9.17, 15) is 13.2 Å². The van der Waals surface area contributed by atoms with Crippen molar-refractivity contribution in [2.75, 3.05) is 19.3 Å². The zero-order valence-corrected chi connectivity index (χ0v) is 14.4. The van der Waals surface area contributed by atoms with Gasteiger partial charge in [0.1, 0.15) is 11.9 Å². The number of sulfonamides is 1. The number of fused-ring (bicyclic) bond motifs is 1. The van der Waals surface area contributed by atoms with Crippen LogP contribution in [0.25, 0.3) is 5.65 Å². The van der Waals surface area contributed by atoms with Gasteiger partial charge < -0.3 is 5.32 Å². The highest BCUT2D eigenvalue weighted by Gasteiger charge is 2.36. The number of amides is 1. The Morgan fingerprint density at radius 2 is 2.21 bits per heavy atom. The lowest BCUT2D eigenvalue weighted by Crippen LogP contribution is -2.45. The molecule has 1 aliphatic rings. The first-order chi connectivity index (χ1) is 11.5. The summed E-state index contributed by atoms with van der Waals surface area (Å²) >= 11 is 0. The second kappa shape index (κ2) is 6.86. The number of hydrogen-bond donors (Lipinski definition) is 1. The van der Waals surface area contributed by atoms with Crippen LogP contribution in [0.3, 0.4) is 0 Å². The number of hydrogen-bond acceptors (Lipinski definition) is 5. The molecule has 24 heavy (non-hydrogen) atoms. The molecule has 1 atom stereocenters. The van der Waals surface area contributed by atoms with Crippen molar-refractivity contribution in [2.24, 2.45) is 0 Å². The van der Waals surface area contributed by atoms with Crippen molar-refractivity contribution in [2.45, 2.75) is 31.7 Å². The van der Waals surface area contributed by atoms with Crippen molar-refractivity contribution in [3.05, 3.63) is 30.2 Å². The van der Waals surface area contributed by atoms with Gasteiger partial charge in [0.25, 0.3) is 0 Å². The number of aromatic nitrogens is 3. The van der Waals surface area contributed by atoms with Crippen LogP contribution in [-0.2, 0) is 21.2 Å². The van der Waals surface area contributed by atoms with Crippen LogP contribution in [0, 0.1) is 0 Å². The van der Waals surface area contributed by atoms with Gasteiger partial charge in [-0.1, -0.05) is 6.07 Å². The van der Waals surface area contributed by atoms with Gasteiger partial charge in [0, 0.05) is 25.7 Å². The van der Waals surface area contributed by atoms with Gasteiger partial charge in [-0.25, -0.2) is 8.42 Å². The molecule has 2 aromatic rings. The fourth-order valence-corrected chi connectivity index (χ4v) is 4.16. The van der Waals surface area contributed by atoms with E-state index >= 15 is 0 Å². The second-order valence-corrected chi connectivity index (χ2v) is 7.91. The standard InChI is InChI=1S/C15H21N5O3S/c1-24(22,23)20-11-5-6-12(20)15(21)16-9-4-8-14-18-17-13-7-2-3-10-19(13)14/h2-3,7,10,12H,4-6,8-9,11H2,1H3,(H,16,21)/t12-/m0/s1. The molecule has 1 aliphatic heterocycles. The minimum absolute atomic E-state index is 0.218. The fraction of sp³-hybridized carbons (Fsp3) is 0.533. The molecule has 0 bridgehead atoms. The van der Waals surface area contributed by atoms with Gasteiger partial charge in [-0.15, -0.1) is 10.2 Å². The maximum Gasteiger partial charge on any atom is 0.238 e. The van der Waals surface area contributed by atoms with E-state index in [2.05, 4.69) is 15.5 Å². The highest BCUT2D eigenvalue weighted by Crippen LogP contribution is 2.20. The molecule has 0 radical (unpaired) electrons. The average molecular weight is 351 g/mol. The van der Waals surface area contributed by atoms with Gasteiger partial charge in [-0.3, -0.25) is 9.20 Å². The van der Waals surface area contributed by atoms with Gasteiger partial charge in [0.05, 0.1) is 6.26 Å². The summed E-state index contributed by atoms with van der Waals surface area (Å²) in [6.07, 6.45) is 5.75. The van der Waals surface area contributed by atoms with Crippen molar-refractivity contribution in [3.63, 3.8) is 0 Å². The van der Waals surface area contributed by atoms with Crippen LogP contribution in [0.4, 0.5) is 0 Å². The number of nitrogens with one attached hydrogen (secondary N) is 1. The van der Waals surface area contributed by atoms with E-state index in [1.807, 2.05) is 28.8 Å². The molecule has 9 heteroatoms. The highest BCUT2D eigenvalue weighted by molar-refractivity contribution is 7.88. The Hall–Kier alpha value is -2.00. The molecule has 1 saturated heterocycles. The maximum absolute atomic E-state index is 12.2. The lowest BCUT2D eigenvalue weighted by atomic mass is 10.2. The fourth-order valence-electron chi connectivity index (χ4n) is 3.04. The monoisotopic (exact) mass is 351 g/mol. The summed E-state index contributed by atoms with van der Waals surface area (Å²) in [4.78, 5) is 12.2. The highest BCUT2D eigenvalue weighted by atomic mass is 32.2. The Balaban J connectivity index is 1.50. The number of rotatable bonds is 6. The summed E-state index contributed by atoms with van der Waals surface area (Å²) in [6.45, 7) is 0.900. The molecular weight excluding hydrogens is 330 g/mol. The van der Waals surface area contributed by atoms with Gasteiger partial charge in [-0.2, -0.15) is 4.31 Å².